The number of rotatable bonds is 5. The number of hydrogen-bond donors (Lipinski definition) is 2. The molecule has 2 aliphatic heterocycles. The highest BCUT2D eigenvalue weighted by Crippen LogP contribution is 2.25. The van der Waals surface area contributed by atoms with Crippen LogP contribution in [0.2, 0.25) is 0 Å². The van der Waals surface area contributed by atoms with E-state index in [4.69, 9.17) is 0 Å². The van der Waals surface area contributed by atoms with E-state index in [0.717, 1.165) is 51.4 Å². The Morgan fingerprint density at radius 1 is 1.40 bits per heavy atom. The van der Waals surface area contributed by atoms with Crippen molar-refractivity contribution in [2.75, 3.05) is 39.3 Å². The molecular weight excluding hydrogens is 250 g/mol. The molecule has 0 aromatic carbocycles. The summed E-state index contributed by atoms with van der Waals surface area (Å²) in [6, 6.07) is 0. The lowest BCUT2D eigenvalue weighted by Crippen LogP contribution is -2.49. The van der Waals surface area contributed by atoms with Gasteiger partial charge in [-0.1, -0.05) is 6.92 Å². The van der Waals surface area contributed by atoms with E-state index < -0.39 is 0 Å². The summed E-state index contributed by atoms with van der Waals surface area (Å²) >= 11 is 0. The monoisotopic (exact) mass is 281 g/mol. The third-order valence-electron chi connectivity index (χ3n) is 4.96. The molecule has 1 atom stereocenters. The van der Waals surface area contributed by atoms with Gasteiger partial charge in [0.25, 0.3) is 0 Å². The van der Waals surface area contributed by atoms with Crippen LogP contribution in [-0.2, 0) is 4.79 Å². The van der Waals surface area contributed by atoms with Crippen LogP contribution in [-0.4, -0.2) is 50.1 Å². The van der Waals surface area contributed by atoms with Crippen molar-refractivity contribution in [1.82, 2.24) is 15.5 Å². The summed E-state index contributed by atoms with van der Waals surface area (Å²) in [5, 5.41) is 6.47. The van der Waals surface area contributed by atoms with Crippen LogP contribution in [0.4, 0.5) is 0 Å². The molecule has 2 aliphatic rings. The molecule has 1 unspecified atom stereocenters. The largest absolute Gasteiger partial charge is 0.356 e. The Kier molecular flexibility index (Phi) is 5.85. The van der Waals surface area contributed by atoms with Crippen molar-refractivity contribution in [2.24, 2.45) is 11.3 Å². The van der Waals surface area contributed by atoms with Gasteiger partial charge in [0.1, 0.15) is 0 Å². The molecule has 2 N–H and O–H groups in total. The maximum absolute atomic E-state index is 12.2. The Hall–Kier alpha value is -0.610. The number of nitrogens with one attached hydrogen (secondary N) is 2. The van der Waals surface area contributed by atoms with Crippen LogP contribution in [0.25, 0.3) is 0 Å². The molecule has 1 amide bonds. The number of carbonyl (C=O) groups is 1. The minimum atomic E-state index is -0.196. The number of piperidine rings is 2. The Morgan fingerprint density at radius 2 is 2.15 bits per heavy atom. The van der Waals surface area contributed by atoms with Crippen LogP contribution in [0, 0.1) is 11.3 Å². The van der Waals surface area contributed by atoms with Crippen LogP contribution in [0.5, 0.6) is 0 Å². The Balaban J connectivity index is 1.59. The van der Waals surface area contributed by atoms with Crippen LogP contribution in [0.1, 0.15) is 46.0 Å². The summed E-state index contributed by atoms with van der Waals surface area (Å²) in [5.74, 6) is 1.13. The van der Waals surface area contributed by atoms with E-state index in [1.807, 2.05) is 0 Å². The van der Waals surface area contributed by atoms with E-state index in [2.05, 4.69) is 29.4 Å². The predicted molar refractivity (Wildman–Crippen MR) is 82.7 cm³/mol. The van der Waals surface area contributed by atoms with E-state index in [1.165, 1.54) is 25.9 Å². The second-order valence-corrected chi connectivity index (χ2v) is 6.97. The molecule has 20 heavy (non-hydrogen) atoms. The zero-order valence-corrected chi connectivity index (χ0v) is 13.2. The topological polar surface area (TPSA) is 44.4 Å². The smallest absolute Gasteiger partial charge is 0.227 e. The van der Waals surface area contributed by atoms with Gasteiger partial charge >= 0.3 is 0 Å². The van der Waals surface area contributed by atoms with Crippen molar-refractivity contribution in [3.05, 3.63) is 0 Å². The number of hydrogen-bond acceptors (Lipinski definition) is 3. The predicted octanol–water partition coefficient (Wildman–Crippen LogP) is 1.61. The first-order valence-corrected chi connectivity index (χ1v) is 8.31. The maximum atomic E-state index is 12.2. The molecule has 0 radical (unpaired) electrons. The zero-order chi connectivity index (χ0) is 14.4. The number of nitrogens with zero attached hydrogens (tertiary/aromatic N) is 1. The second kappa shape index (κ2) is 7.41. The van der Waals surface area contributed by atoms with Gasteiger partial charge in [0.05, 0.1) is 5.41 Å². The third-order valence-corrected chi connectivity index (χ3v) is 4.96. The molecule has 2 fully saturated rings. The van der Waals surface area contributed by atoms with Gasteiger partial charge in [-0.2, -0.15) is 0 Å². The van der Waals surface area contributed by atoms with Crippen LogP contribution >= 0.6 is 0 Å². The molecule has 0 aliphatic carbocycles. The van der Waals surface area contributed by atoms with Crippen molar-refractivity contribution in [3.8, 4) is 0 Å². The van der Waals surface area contributed by atoms with Crippen molar-refractivity contribution in [2.45, 2.75) is 46.0 Å². The zero-order valence-electron chi connectivity index (χ0n) is 13.2. The van der Waals surface area contributed by atoms with E-state index in [0.29, 0.717) is 0 Å². The summed E-state index contributed by atoms with van der Waals surface area (Å²) in [6.07, 6.45) is 5.85. The fraction of sp³-hybridized carbons (Fsp3) is 0.938. The first-order valence-electron chi connectivity index (χ1n) is 8.31. The quantitative estimate of drug-likeness (QED) is 0.753. The number of amides is 1. The molecule has 0 saturated carbocycles. The van der Waals surface area contributed by atoms with Crippen molar-refractivity contribution in [3.63, 3.8) is 0 Å². The molecule has 4 heteroatoms. The highest BCUT2D eigenvalue weighted by Gasteiger charge is 2.34. The highest BCUT2D eigenvalue weighted by atomic mass is 16.2. The number of likely N-dealkylation sites (tertiary alicyclic amines) is 1. The lowest BCUT2D eigenvalue weighted by molar-refractivity contribution is -0.131. The average molecular weight is 281 g/mol. The van der Waals surface area contributed by atoms with Gasteiger partial charge in [-0.25, -0.2) is 0 Å². The fourth-order valence-corrected chi connectivity index (χ4v) is 3.25. The van der Waals surface area contributed by atoms with Gasteiger partial charge < -0.3 is 15.5 Å². The maximum Gasteiger partial charge on any atom is 0.227 e. The van der Waals surface area contributed by atoms with Crippen molar-refractivity contribution < 1.29 is 4.79 Å². The van der Waals surface area contributed by atoms with Gasteiger partial charge in [0.15, 0.2) is 0 Å². The molecule has 0 spiro atoms. The number of carbonyl (C=O) groups excluding carboxylic acids is 1. The van der Waals surface area contributed by atoms with Crippen LogP contribution in [0.15, 0.2) is 0 Å². The minimum absolute atomic E-state index is 0.196. The summed E-state index contributed by atoms with van der Waals surface area (Å²) < 4.78 is 0. The molecule has 2 heterocycles. The molecule has 2 rings (SSSR count). The summed E-state index contributed by atoms with van der Waals surface area (Å²) in [4.78, 5) is 14.8. The lowest BCUT2D eigenvalue weighted by Gasteiger charge is -2.33. The standard InChI is InChI=1S/C16H31N3O/c1-14-5-11-19(12-6-14)10-4-9-18-15(20)16(2)7-3-8-17-13-16/h14,17H,3-13H2,1-2H3,(H,18,20). The van der Waals surface area contributed by atoms with Crippen LogP contribution < -0.4 is 10.6 Å². The van der Waals surface area contributed by atoms with Gasteiger partial charge in [-0.3, -0.25) is 4.79 Å². The van der Waals surface area contributed by atoms with Gasteiger partial charge in [0.2, 0.25) is 5.91 Å². The molecular formula is C16H31N3O. The Labute approximate surface area is 123 Å². The van der Waals surface area contributed by atoms with E-state index >= 15 is 0 Å². The van der Waals surface area contributed by atoms with Crippen LogP contribution in [0.3, 0.4) is 0 Å². The minimum Gasteiger partial charge on any atom is -0.356 e. The molecule has 0 aromatic rings. The molecule has 2 saturated heterocycles. The highest BCUT2D eigenvalue weighted by molar-refractivity contribution is 5.82. The third kappa shape index (κ3) is 4.45. The molecule has 0 aromatic heterocycles. The first kappa shape index (κ1) is 15.8. The van der Waals surface area contributed by atoms with E-state index in [1.54, 1.807) is 0 Å². The molecule has 4 nitrogen and oxygen atoms in total. The van der Waals surface area contributed by atoms with E-state index in [9.17, 15) is 4.79 Å². The first-order chi connectivity index (χ1) is 9.60. The lowest BCUT2D eigenvalue weighted by atomic mass is 9.82. The normalized spacial score (nSPS) is 29.3. The average Bonchev–Trinajstić information content (AvgIpc) is 2.46. The van der Waals surface area contributed by atoms with Gasteiger partial charge in [-0.05, 0) is 71.1 Å². The Bertz CT molecular complexity index is 305. The summed E-state index contributed by atoms with van der Waals surface area (Å²) in [7, 11) is 0. The second-order valence-electron chi connectivity index (χ2n) is 6.97. The van der Waals surface area contributed by atoms with Gasteiger partial charge in [0, 0.05) is 13.1 Å². The molecule has 0 bridgehead atoms. The fourth-order valence-electron chi connectivity index (χ4n) is 3.25. The van der Waals surface area contributed by atoms with Gasteiger partial charge in [-0.15, -0.1) is 0 Å². The SMILES string of the molecule is CC1CCN(CCCNC(=O)C2(C)CCCNC2)CC1. The Morgan fingerprint density at radius 3 is 2.80 bits per heavy atom. The van der Waals surface area contributed by atoms with Crippen molar-refractivity contribution in [1.29, 1.82) is 0 Å². The summed E-state index contributed by atoms with van der Waals surface area (Å²) in [5.41, 5.74) is -0.196. The van der Waals surface area contributed by atoms with Crippen molar-refractivity contribution >= 4 is 5.91 Å². The summed E-state index contributed by atoms with van der Waals surface area (Å²) in [6.45, 7) is 10.7. The van der Waals surface area contributed by atoms with E-state index in [-0.39, 0.29) is 11.3 Å². The molecule has 116 valence electrons.